The lowest BCUT2D eigenvalue weighted by Gasteiger charge is -2.06. The zero-order valence-electron chi connectivity index (χ0n) is 15.3. The Hall–Kier alpha value is -3.38. The van der Waals surface area contributed by atoms with E-state index in [1.54, 1.807) is 17.7 Å². The van der Waals surface area contributed by atoms with Gasteiger partial charge in [0.15, 0.2) is 5.82 Å². The van der Waals surface area contributed by atoms with E-state index in [0.717, 1.165) is 48.8 Å². The second-order valence-electron chi connectivity index (χ2n) is 6.41. The molecule has 0 spiro atoms. The van der Waals surface area contributed by atoms with Gasteiger partial charge in [-0.25, -0.2) is 9.97 Å². The molecule has 0 atom stereocenters. The van der Waals surface area contributed by atoms with Crippen LogP contribution in [0.4, 0.5) is 11.5 Å². The molecular weight excluding hydrogens is 368 g/mol. The maximum atomic E-state index is 5.53. The van der Waals surface area contributed by atoms with Gasteiger partial charge in [-0.1, -0.05) is 0 Å². The van der Waals surface area contributed by atoms with Gasteiger partial charge >= 0.3 is 0 Å². The van der Waals surface area contributed by atoms with E-state index in [9.17, 15) is 0 Å². The molecule has 0 amide bonds. The third-order valence-corrected chi connectivity index (χ3v) is 5.76. The lowest BCUT2D eigenvalue weighted by Crippen LogP contribution is -1.94. The van der Waals surface area contributed by atoms with Crippen LogP contribution in [0, 0.1) is 0 Å². The van der Waals surface area contributed by atoms with Gasteiger partial charge < -0.3 is 15.0 Å². The minimum atomic E-state index is 0.668. The van der Waals surface area contributed by atoms with E-state index >= 15 is 0 Å². The van der Waals surface area contributed by atoms with Crippen molar-refractivity contribution < 1.29 is 4.74 Å². The molecule has 3 heterocycles. The van der Waals surface area contributed by atoms with E-state index < -0.39 is 0 Å². The number of benzene rings is 2. The number of nitrogens with one attached hydrogen (secondary N) is 2. The Morgan fingerprint density at radius 2 is 1.93 bits per heavy atom. The minimum absolute atomic E-state index is 0.668. The first-order valence-electron chi connectivity index (χ1n) is 9.12. The molecular formula is C22H18N4OS. The van der Waals surface area contributed by atoms with Crippen LogP contribution in [0.5, 0.6) is 5.75 Å². The van der Waals surface area contributed by atoms with E-state index in [0.29, 0.717) is 6.61 Å². The van der Waals surface area contributed by atoms with Gasteiger partial charge in [0.1, 0.15) is 12.1 Å². The summed E-state index contributed by atoms with van der Waals surface area (Å²) in [5, 5.41) is 4.61. The van der Waals surface area contributed by atoms with Crippen LogP contribution in [0.2, 0.25) is 0 Å². The second-order valence-corrected chi connectivity index (χ2v) is 7.46. The smallest absolute Gasteiger partial charge is 0.151 e. The number of aromatic nitrogens is 3. The molecule has 28 heavy (non-hydrogen) atoms. The molecule has 2 N–H and O–H groups in total. The molecule has 0 aliphatic heterocycles. The SMILES string of the molecule is CCOc1ccc(-c2cc3ncnc(Nc4ccc5[nH]ccc5c4)c3s2)cc1. The van der Waals surface area contributed by atoms with Gasteiger partial charge in [-0.2, -0.15) is 0 Å². The highest BCUT2D eigenvalue weighted by Gasteiger charge is 2.11. The first kappa shape index (κ1) is 16.8. The zero-order chi connectivity index (χ0) is 18.9. The Balaban J connectivity index is 1.49. The van der Waals surface area contributed by atoms with Gasteiger partial charge in [0.05, 0.1) is 16.8 Å². The number of ether oxygens (including phenoxy) is 1. The van der Waals surface area contributed by atoms with Crippen LogP contribution >= 0.6 is 11.3 Å². The first-order chi connectivity index (χ1) is 13.8. The largest absolute Gasteiger partial charge is 0.494 e. The number of hydrogen-bond donors (Lipinski definition) is 2. The minimum Gasteiger partial charge on any atom is -0.494 e. The summed E-state index contributed by atoms with van der Waals surface area (Å²) in [6, 6.07) is 18.6. The fraction of sp³-hybridized carbons (Fsp3) is 0.0909. The van der Waals surface area contributed by atoms with Gasteiger partial charge in [-0.15, -0.1) is 11.3 Å². The molecule has 0 radical (unpaired) electrons. The van der Waals surface area contributed by atoms with Crippen LogP contribution in [0.15, 0.2) is 67.1 Å². The summed E-state index contributed by atoms with van der Waals surface area (Å²) in [6.07, 6.45) is 3.55. The number of fused-ring (bicyclic) bond motifs is 2. The van der Waals surface area contributed by atoms with E-state index in [-0.39, 0.29) is 0 Å². The van der Waals surface area contributed by atoms with Crippen LogP contribution in [0.25, 0.3) is 31.6 Å². The number of rotatable bonds is 5. The van der Waals surface area contributed by atoms with Crippen molar-refractivity contribution in [1.82, 2.24) is 15.0 Å². The van der Waals surface area contributed by atoms with E-state index in [4.69, 9.17) is 4.74 Å². The molecule has 5 aromatic rings. The van der Waals surface area contributed by atoms with Gasteiger partial charge in [0.25, 0.3) is 0 Å². The normalized spacial score (nSPS) is 11.2. The van der Waals surface area contributed by atoms with Crippen molar-refractivity contribution in [3.8, 4) is 16.2 Å². The Morgan fingerprint density at radius 3 is 2.79 bits per heavy atom. The highest BCUT2D eigenvalue weighted by atomic mass is 32.1. The number of nitrogens with zero attached hydrogens (tertiary/aromatic N) is 2. The Morgan fingerprint density at radius 1 is 1.04 bits per heavy atom. The van der Waals surface area contributed by atoms with Crippen LogP contribution < -0.4 is 10.1 Å². The number of thiophene rings is 1. The van der Waals surface area contributed by atoms with Crippen LogP contribution in [0.3, 0.4) is 0 Å². The average Bonchev–Trinajstić information content (AvgIpc) is 3.36. The van der Waals surface area contributed by atoms with E-state index in [1.807, 2.05) is 31.3 Å². The predicted octanol–water partition coefficient (Wildman–Crippen LogP) is 5.98. The summed E-state index contributed by atoms with van der Waals surface area (Å²) < 4.78 is 6.58. The van der Waals surface area contributed by atoms with Crippen molar-refractivity contribution in [2.75, 3.05) is 11.9 Å². The molecule has 0 bridgehead atoms. The van der Waals surface area contributed by atoms with Crippen molar-refractivity contribution in [1.29, 1.82) is 0 Å². The molecule has 0 unspecified atom stereocenters. The quantitative estimate of drug-likeness (QED) is 0.390. The third kappa shape index (κ3) is 3.08. The van der Waals surface area contributed by atoms with Crippen molar-refractivity contribution >= 4 is 44.0 Å². The number of hydrogen-bond acceptors (Lipinski definition) is 5. The summed E-state index contributed by atoms with van der Waals surface area (Å²) in [7, 11) is 0. The molecule has 0 aliphatic rings. The molecule has 5 nitrogen and oxygen atoms in total. The number of aromatic amines is 1. The third-order valence-electron chi connectivity index (χ3n) is 4.58. The molecule has 0 saturated heterocycles. The first-order valence-corrected chi connectivity index (χ1v) is 9.94. The van der Waals surface area contributed by atoms with Gasteiger partial charge in [0, 0.05) is 27.7 Å². The second kappa shape index (κ2) is 6.98. The standard InChI is InChI=1S/C22H18N4OS/c1-2-27-17-6-3-14(4-7-17)20-12-19-21(28-20)22(25-13-24-19)26-16-5-8-18-15(11-16)9-10-23-18/h3-13,23H,2H2,1H3,(H,24,25,26). The van der Waals surface area contributed by atoms with Crippen LogP contribution in [0.1, 0.15) is 6.92 Å². The topological polar surface area (TPSA) is 62.8 Å². The summed E-state index contributed by atoms with van der Waals surface area (Å²) in [6.45, 7) is 2.66. The fourth-order valence-electron chi connectivity index (χ4n) is 3.24. The summed E-state index contributed by atoms with van der Waals surface area (Å²) in [4.78, 5) is 13.3. The monoisotopic (exact) mass is 386 g/mol. The molecule has 0 saturated carbocycles. The van der Waals surface area contributed by atoms with E-state index in [1.165, 1.54) is 0 Å². The average molecular weight is 386 g/mol. The van der Waals surface area contributed by atoms with Crippen molar-refractivity contribution in [3.05, 3.63) is 67.1 Å². The maximum Gasteiger partial charge on any atom is 0.151 e. The van der Waals surface area contributed by atoms with Gasteiger partial charge in [-0.3, -0.25) is 0 Å². The lowest BCUT2D eigenvalue weighted by atomic mass is 10.2. The summed E-state index contributed by atoms with van der Waals surface area (Å²) in [5.41, 5.74) is 4.20. The number of anilines is 2. The summed E-state index contributed by atoms with van der Waals surface area (Å²) >= 11 is 1.69. The Bertz CT molecular complexity index is 1260. The van der Waals surface area contributed by atoms with Gasteiger partial charge in [0.2, 0.25) is 0 Å². The zero-order valence-corrected chi connectivity index (χ0v) is 16.1. The maximum absolute atomic E-state index is 5.53. The van der Waals surface area contributed by atoms with Crippen LogP contribution in [-0.4, -0.2) is 21.6 Å². The molecule has 0 aliphatic carbocycles. The fourth-order valence-corrected chi connectivity index (χ4v) is 4.30. The highest BCUT2D eigenvalue weighted by Crippen LogP contribution is 2.37. The molecule has 138 valence electrons. The number of H-pyrrole nitrogens is 1. The highest BCUT2D eigenvalue weighted by molar-refractivity contribution is 7.22. The lowest BCUT2D eigenvalue weighted by molar-refractivity contribution is 0.340. The summed E-state index contributed by atoms with van der Waals surface area (Å²) in [5.74, 6) is 1.71. The van der Waals surface area contributed by atoms with Crippen molar-refractivity contribution in [2.45, 2.75) is 6.92 Å². The van der Waals surface area contributed by atoms with Crippen molar-refractivity contribution in [3.63, 3.8) is 0 Å². The molecule has 0 fully saturated rings. The van der Waals surface area contributed by atoms with E-state index in [2.05, 4.69) is 56.7 Å². The molecule has 6 heteroatoms. The molecule has 5 rings (SSSR count). The Labute approximate surface area is 166 Å². The van der Waals surface area contributed by atoms with Crippen molar-refractivity contribution in [2.24, 2.45) is 0 Å². The Kier molecular flexibility index (Phi) is 4.18. The predicted molar refractivity (Wildman–Crippen MR) is 116 cm³/mol. The van der Waals surface area contributed by atoms with Crippen LogP contribution in [-0.2, 0) is 0 Å². The molecule has 2 aromatic carbocycles. The van der Waals surface area contributed by atoms with Gasteiger partial charge in [-0.05, 0) is 67.1 Å². The molecule has 3 aromatic heterocycles.